The summed E-state index contributed by atoms with van der Waals surface area (Å²) in [5.74, 6) is 0. The van der Waals surface area contributed by atoms with Crippen LogP contribution in [0.3, 0.4) is 0 Å². The van der Waals surface area contributed by atoms with Crippen LogP contribution in [-0.4, -0.2) is 4.57 Å². The van der Waals surface area contributed by atoms with E-state index in [2.05, 4.69) is 210 Å². The molecule has 0 spiro atoms. The maximum Gasteiger partial charge on any atom is 0.159 e. The van der Waals surface area contributed by atoms with Crippen LogP contribution in [-0.2, 0) is 0 Å². The molecular weight excluding hydrogens is 733 g/mol. The number of anilines is 3. The number of nitrogens with zero attached hydrogens (tertiary/aromatic N) is 2. The number of rotatable bonds is 5. The van der Waals surface area contributed by atoms with Gasteiger partial charge in [0.1, 0.15) is 16.7 Å². The molecule has 0 saturated heterocycles. The van der Waals surface area contributed by atoms with Gasteiger partial charge in [-0.15, -0.1) is 0 Å². The highest BCUT2D eigenvalue weighted by atomic mass is 16.3. The minimum Gasteiger partial charge on any atom is -0.455 e. The zero-order valence-corrected chi connectivity index (χ0v) is 32.3. The molecule has 0 unspecified atom stereocenters. The molecule has 4 heteroatoms. The van der Waals surface area contributed by atoms with Crippen LogP contribution in [0.15, 0.2) is 215 Å². The molecule has 10 aromatic carbocycles. The van der Waals surface area contributed by atoms with Crippen LogP contribution in [0.2, 0.25) is 0 Å². The van der Waals surface area contributed by atoms with E-state index in [0.717, 1.165) is 83.1 Å². The molecule has 0 radical (unpaired) electrons. The average molecular weight is 767 g/mol. The van der Waals surface area contributed by atoms with Gasteiger partial charge in [-0.3, -0.25) is 0 Å². The molecule has 0 amide bonds. The fourth-order valence-electron chi connectivity index (χ4n) is 9.75. The number of hydrogen-bond donors (Lipinski definition) is 0. The summed E-state index contributed by atoms with van der Waals surface area (Å²) in [4.78, 5) is 2.40. The summed E-state index contributed by atoms with van der Waals surface area (Å²) in [6, 6.07) is 73.7. The molecule has 0 atom stereocenters. The molecule has 3 aromatic heterocycles. The number of hydrogen-bond acceptors (Lipinski definition) is 3. The van der Waals surface area contributed by atoms with E-state index in [1.54, 1.807) is 0 Å². The molecule has 60 heavy (non-hydrogen) atoms. The van der Waals surface area contributed by atoms with Gasteiger partial charge >= 0.3 is 0 Å². The van der Waals surface area contributed by atoms with E-state index in [1.165, 1.54) is 38.0 Å². The summed E-state index contributed by atoms with van der Waals surface area (Å²) in [6.07, 6.45) is 0. The number of aromatic nitrogens is 1. The zero-order chi connectivity index (χ0) is 39.3. The van der Waals surface area contributed by atoms with Crippen LogP contribution >= 0.6 is 0 Å². The largest absolute Gasteiger partial charge is 0.455 e. The van der Waals surface area contributed by atoms with Crippen molar-refractivity contribution in [2.24, 2.45) is 0 Å². The van der Waals surface area contributed by atoms with Crippen LogP contribution in [0.1, 0.15) is 0 Å². The molecule has 13 rings (SSSR count). The first-order chi connectivity index (χ1) is 29.8. The van der Waals surface area contributed by atoms with Crippen molar-refractivity contribution in [1.29, 1.82) is 0 Å². The molecule has 13 aromatic rings. The van der Waals surface area contributed by atoms with Gasteiger partial charge in [-0.25, -0.2) is 0 Å². The summed E-state index contributed by atoms with van der Waals surface area (Å²) in [5, 5.41) is 11.5. The van der Waals surface area contributed by atoms with Crippen LogP contribution in [0, 0.1) is 0 Å². The van der Waals surface area contributed by atoms with E-state index in [4.69, 9.17) is 8.83 Å². The monoisotopic (exact) mass is 766 g/mol. The van der Waals surface area contributed by atoms with Crippen molar-refractivity contribution in [2.45, 2.75) is 0 Å². The lowest BCUT2D eigenvalue weighted by atomic mass is 9.97. The first-order valence-electron chi connectivity index (χ1n) is 20.4. The molecule has 280 valence electrons. The van der Waals surface area contributed by atoms with Crippen molar-refractivity contribution in [2.75, 3.05) is 4.90 Å². The van der Waals surface area contributed by atoms with Crippen molar-refractivity contribution < 1.29 is 8.83 Å². The molecule has 4 nitrogen and oxygen atoms in total. The highest BCUT2D eigenvalue weighted by molar-refractivity contribution is 6.22. The van der Waals surface area contributed by atoms with E-state index in [9.17, 15) is 0 Å². The Balaban J connectivity index is 1.11. The topological polar surface area (TPSA) is 34.5 Å². The smallest absolute Gasteiger partial charge is 0.159 e. The Morgan fingerprint density at radius 2 is 0.933 bits per heavy atom. The molecule has 3 heterocycles. The van der Waals surface area contributed by atoms with Gasteiger partial charge in [0, 0.05) is 43.6 Å². The van der Waals surface area contributed by atoms with Crippen LogP contribution in [0.25, 0.3) is 104 Å². The molecule has 0 aliphatic carbocycles. The summed E-state index contributed by atoms with van der Waals surface area (Å²) in [6.45, 7) is 0. The van der Waals surface area contributed by atoms with Crippen molar-refractivity contribution in [1.82, 2.24) is 4.57 Å². The van der Waals surface area contributed by atoms with E-state index in [1.807, 2.05) is 6.07 Å². The highest BCUT2D eigenvalue weighted by Gasteiger charge is 2.27. The van der Waals surface area contributed by atoms with Gasteiger partial charge in [0.2, 0.25) is 0 Å². The first kappa shape index (κ1) is 32.9. The lowest BCUT2D eigenvalue weighted by Gasteiger charge is -2.28. The van der Waals surface area contributed by atoms with Crippen LogP contribution in [0.4, 0.5) is 17.1 Å². The third kappa shape index (κ3) is 4.73. The molecule has 0 aliphatic rings. The van der Waals surface area contributed by atoms with Crippen molar-refractivity contribution >= 4 is 104 Å². The van der Waals surface area contributed by atoms with Crippen molar-refractivity contribution in [3.63, 3.8) is 0 Å². The van der Waals surface area contributed by atoms with Gasteiger partial charge in [0.05, 0.1) is 33.5 Å². The average Bonchev–Trinajstić information content (AvgIpc) is 4.00. The summed E-state index contributed by atoms with van der Waals surface area (Å²) in [5.41, 5.74) is 11.9. The Bertz CT molecular complexity index is 3810. The molecule has 0 fully saturated rings. The fraction of sp³-hybridized carbons (Fsp3) is 0. The second-order valence-corrected chi connectivity index (χ2v) is 15.6. The lowest BCUT2D eigenvalue weighted by molar-refractivity contribution is 0.668. The maximum absolute atomic E-state index is 7.01. The summed E-state index contributed by atoms with van der Waals surface area (Å²) >= 11 is 0. The molecule has 0 bridgehead atoms. The summed E-state index contributed by atoms with van der Waals surface area (Å²) in [7, 11) is 0. The maximum atomic E-state index is 7.01. The Morgan fingerprint density at radius 3 is 1.72 bits per heavy atom. The fourth-order valence-corrected chi connectivity index (χ4v) is 9.75. The Morgan fingerprint density at radius 1 is 0.350 bits per heavy atom. The van der Waals surface area contributed by atoms with E-state index in [0.29, 0.717) is 0 Å². The normalized spacial score (nSPS) is 12.0. The highest BCUT2D eigenvalue weighted by Crippen LogP contribution is 2.51. The summed E-state index contributed by atoms with van der Waals surface area (Å²) < 4.78 is 16.2. The van der Waals surface area contributed by atoms with E-state index >= 15 is 0 Å². The molecular formula is C56H34N2O2. The van der Waals surface area contributed by atoms with Gasteiger partial charge in [-0.1, -0.05) is 146 Å². The Labute approximate surface area is 344 Å². The standard InChI is InChI=1S/C56H34N2O2/c1-2-18-38-36(15-1)34-51(41-20-4-3-19-40(38)41)58(50-28-14-25-45-44-23-7-11-29-52(44)59-55(45)50)49-32-31-39(56-54(49)46-24-8-12-30-53(46)60-56)35-16-13-17-37(33-35)57-47-26-9-5-21-42(47)43-22-6-10-27-48(43)57/h1-34H. The van der Waals surface area contributed by atoms with Gasteiger partial charge in [-0.2, -0.15) is 0 Å². The third-order valence-corrected chi connectivity index (χ3v) is 12.4. The predicted octanol–water partition coefficient (Wildman–Crippen LogP) is 16.0. The molecule has 0 aliphatic heterocycles. The molecule has 0 N–H and O–H groups in total. The second-order valence-electron chi connectivity index (χ2n) is 15.6. The number of benzene rings is 10. The van der Waals surface area contributed by atoms with Gasteiger partial charge in [0.15, 0.2) is 5.58 Å². The zero-order valence-electron chi connectivity index (χ0n) is 32.3. The third-order valence-electron chi connectivity index (χ3n) is 12.4. The molecule has 0 saturated carbocycles. The first-order valence-corrected chi connectivity index (χ1v) is 20.4. The Kier molecular flexibility index (Phi) is 6.98. The second kappa shape index (κ2) is 12.7. The van der Waals surface area contributed by atoms with Gasteiger partial charge in [-0.05, 0) is 82.4 Å². The minimum absolute atomic E-state index is 0.833. The minimum atomic E-state index is 0.833. The van der Waals surface area contributed by atoms with Crippen molar-refractivity contribution in [3.05, 3.63) is 206 Å². The SMILES string of the molecule is c1cc(-c2ccc(N(c3cc4ccccc4c4ccccc34)c3cccc4c3oc3ccccc34)c3c2oc2ccccc23)cc(-n2c3ccccc3c3ccccc32)c1. The van der Waals surface area contributed by atoms with Gasteiger partial charge < -0.3 is 18.3 Å². The van der Waals surface area contributed by atoms with E-state index in [-0.39, 0.29) is 0 Å². The number of fused-ring (bicyclic) bond motifs is 12. The predicted molar refractivity (Wildman–Crippen MR) is 250 cm³/mol. The van der Waals surface area contributed by atoms with Crippen molar-refractivity contribution in [3.8, 4) is 16.8 Å². The van der Waals surface area contributed by atoms with Crippen LogP contribution in [0.5, 0.6) is 0 Å². The number of para-hydroxylation sites is 5. The van der Waals surface area contributed by atoms with Crippen LogP contribution < -0.4 is 4.90 Å². The quantitative estimate of drug-likeness (QED) is 0.164. The van der Waals surface area contributed by atoms with Gasteiger partial charge in [0.25, 0.3) is 0 Å². The Hall–Kier alpha value is -8.08. The lowest BCUT2D eigenvalue weighted by Crippen LogP contribution is -2.11. The van der Waals surface area contributed by atoms with E-state index < -0.39 is 0 Å². The number of furan rings is 2.